The Labute approximate surface area is 144 Å². The number of aryl methyl sites for hydroxylation is 3. The summed E-state index contributed by atoms with van der Waals surface area (Å²) in [6.07, 6.45) is 3.53. The zero-order valence-electron chi connectivity index (χ0n) is 12.9. The Morgan fingerprint density at radius 1 is 1.04 bits per heavy atom. The number of thiazole rings is 1. The summed E-state index contributed by atoms with van der Waals surface area (Å²) in [5.74, 6) is 0.871. The third-order valence-electron chi connectivity index (χ3n) is 3.74. The van der Waals surface area contributed by atoms with E-state index in [9.17, 15) is 0 Å². The minimum atomic E-state index is 0.871. The Morgan fingerprint density at radius 2 is 1.91 bits per heavy atom. The van der Waals surface area contributed by atoms with Crippen LogP contribution in [0.1, 0.15) is 22.7 Å². The number of nitrogens with zero attached hydrogens (tertiary/aromatic N) is 2. The van der Waals surface area contributed by atoms with E-state index in [0.717, 1.165) is 23.1 Å². The maximum Gasteiger partial charge on any atom is 0.188 e. The number of pyridine rings is 1. The molecular formula is C18H17N3S2. The summed E-state index contributed by atoms with van der Waals surface area (Å²) < 4.78 is 0. The van der Waals surface area contributed by atoms with Crippen LogP contribution < -0.4 is 5.32 Å². The Hall–Kier alpha value is -1.85. The van der Waals surface area contributed by atoms with Crippen molar-refractivity contribution >= 4 is 34.0 Å². The molecule has 4 rings (SSSR count). The standard InChI is InChI=1S/C18H17N3S2/c1-12-10-14(22-13-6-3-2-4-7-13)11-17(19-12)21-18-20-15-8-5-9-16(15)23-18/h2-4,6-7,10-11H,5,8-9H2,1H3,(H,19,20,21). The molecule has 5 heteroatoms. The number of fused-ring (bicyclic) bond motifs is 1. The van der Waals surface area contributed by atoms with Crippen molar-refractivity contribution in [2.24, 2.45) is 0 Å². The van der Waals surface area contributed by atoms with E-state index in [2.05, 4.69) is 51.7 Å². The molecular weight excluding hydrogens is 322 g/mol. The molecule has 1 aromatic carbocycles. The predicted octanol–water partition coefficient (Wildman–Crippen LogP) is 5.23. The fraction of sp³-hybridized carbons (Fsp3) is 0.222. The monoisotopic (exact) mass is 339 g/mol. The molecule has 116 valence electrons. The van der Waals surface area contributed by atoms with Gasteiger partial charge in [-0.15, -0.1) is 11.3 Å². The lowest BCUT2D eigenvalue weighted by molar-refractivity contribution is 0.900. The first-order valence-corrected chi connectivity index (χ1v) is 9.37. The summed E-state index contributed by atoms with van der Waals surface area (Å²) in [4.78, 5) is 13.1. The van der Waals surface area contributed by atoms with Crippen LogP contribution >= 0.6 is 23.1 Å². The molecule has 3 nitrogen and oxygen atoms in total. The second kappa shape index (κ2) is 6.34. The van der Waals surface area contributed by atoms with E-state index in [-0.39, 0.29) is 0 Å². The average Bonchev–Trinajstić information content (AvgIpc) is 3.09. The zero-order valence-corrected chi connectivity index (χ0v) is 14.5. The molecule has 0 amide bonds. The number of anilines is 2. The number of aromatic nitrogens is 2. The summed E-state index contributed by atoms with van der Waals surface area (Å²) in [6, 6.07) is 14.6. The molecule has 0 atom stereocenters. The highest BCUT2D eigenvalue weighted by atomic mass is 32.2. The van der Waals surface area contributed by atoms with Crippen LogP contribution in [0.4, 0.5) is 10.9 Å². The number of benzene rings is 1. The minimum Gasteiger partial charge on any atom is -0.316 e. The first-order valence-electron chi connectivity index (χ1n) is 7.73. The molecule has 1 aliphatic rings. The van der Waals surface area contributed by atoms with Crippen LogP contribution in [0.25, 0.3) is 0 Å². The lowest BCUT2D eigenvalue weighted by atomic mass is 10.3. The third-order valence-corrected chi connectivity index (χ3v) is 5.79. The van der Waals surface area contributed by atoms with Gasteiger partial charge in [0, 0.05) is 20.4 Å². The first-order chi connectivity index (χ1) is 11.3. The number of nitrogens with one attached hydrogen (secondary N) is 1. The predicted molar refractivity (Wildman–Crippen MR) is 97.0 cm³/mol. The van der Waals surface area contributed by atoms with Crippen molar-refractivity contribution in [1.82, 2.24) is 9.97 Å². The van der Waals surface area contributed by atoms with Crippen molar-refractivity contribution in [3.8, 4) is 0 Å². The van der Waals surface area contributed by atoms with Crippen LogP contribution in [0.5, 0.6) is 0 Å². The van der Waals surface area contributed by atoms with Gasteiger partial charge >= 0.3 is 0 Å². The Kier molecular flexibility index (Phi) is 4.06. The van der Waals surface area contributed by atoms with Crippen molar-refractivity contribution in [1.29, 1.82) is 0 Å². The van der Waals surface area contributed by atoms with Gasteiger partial charge in [-0.2, -0.15) is 0 Å². The second-order valence-corrected chi connectivity index (χ2v) is 7.84. The molecule has 0 unspecified atom stereocenters. The summed E-state index contributed by atoms with van der Waals surface area (Å²) in [5, 5.41) is 4.34. The van der Waals surface area contributed by atoms with E-state index in [1.54, 1.807) is 23.1 Å². The molecule has 0 bridgehead atoms. The highest BCUT2D eigenvalue weighted by molar-refractivity contribution is 7.99. The first kappa shape index (κ1) is 14.7. The topological polar surface area (TPSA) is 37.8 Å². The van der Waals surface area contributed by atoms with E-state index >= 15 is 0 Å². The molecule has 1 N–H and O–H groups in total. The van der Waals surface area contributed by atoms with Gasteiger partial charge in [0.2, 0.25) is 0 Å². The maximum atomic E-state index is 4.69. The fourth-order valence-corrected chi connectivity index (χ4v) is 4.76. The van der Waals surface area contributed by atoms with E-state index in [0.29, 0.717) is 0 Å². The van der Waals surface area contributed by atoms with Crippen molar-refractivity contribution < 1.29 is 0 Å². The summed E-state index contributed by atoms with van der Waals surface area (Å²) in [7, 11) is 0. The number of hydrogen-bond donors (Lipinski definition) is 1. The van der Waals surface area contributed by atoms with Gasteiger partial charge in [0.15, 0.2) is 5.13 Å². The summed E-state index contributed by atoms with van der Waals surface area (Å²) in [5.41, 5.74) is 2.28. The van der Waals surface area contributed by atoms with Crippen LogP contribution in [-0.4, -0.2) is 9.97 Å². The van der Waals surface area contributed by atoms with E-state index in [4.69, 9.17) is 0 Å². The Balaban J connectivity index is 1.56. The summed E-state index contributed by atoms with van der Waals surface area (Å²) in [6.45, 7) is 2.03. The molecule has 0 saturated carbocycles. The molecule has 0 aliphatic heterocycles. The molecule has 3 aromatic rings. The highest BCUT2D eigenvalue weighted by Crippen LogP contribution is 2.33. The third kappa shape index (κ3) is 3.41. The Morgan fingerprint density at radius 3 is 2.74 bits per heavy atom. The average molecular weight is 339 g/mol. The van der Waals surface area contributed by atoms with Gasteiger partial charge in [0.25, 0.3) is 0 Å². The van der Waals surface area contributed by atoms with Crippen LogP contribution in [0, 0.1) is 6.92 Å². The zero-order chi connectivity index (χ0) is 15.6. The van der Waals surface area contributed by atoms with Gasteiger partial charge in [0.1, 0.15) is 5.82 Å². The smallest absolute Gasteiger partial charge is 0.188 e. The lowest BCUT2D eigenvalue weighted by Gasteiger charge is -2.07. The van der Waals surface area contributed by atoms with Crippen molar-refractivity contribution in [3.05, 3.63) is 58.7 Å². The van der Waals surface area contributed by atoms with Crippen molar-refractivity contribution in [2.75, 3.05) is 5.32 Å². The normalized spacial score (nSPS) is 13.1. The lowest BCUT2D eigenvalue weighted by Crippen LogP contribution is -1.95. The fourth-order valence-electron chi connectivity index (χ4n) is 2.74. The molecule has 2 heterocycles. The van der Waals surface area contributed by atoms with Crippen LogP contribution in [0.2, 0.25) is 0 Å². The number of hydrogen-bond acceptors (Lipinski definition) is 5. The molecule has 0 radical (unpaired) electrons. The number of rotatable bonds is 4. The van der Waals surface area contributed by atoms with E-state index < -0.39 is 0 Å². The largest absolute Gasteiger partial charge is 0.316 e. The van der Waals surface area contributed by atoms with Gasteiger partial charge < -0.3 is 5.32 Å². The van der Waals surface area contributed by atoms with Gasteiger partial charge in [-0.05, 0) is 50.5 Å². The molecule has 0 spiro atoms. The summed E-state index contributed by atoms with van der Waals surface area (Å²) >= 11 is 3.52. The van der Waals surface area contributed by atoms with Crippen molar-refractivity contribution in [3.63, 3.8) is 0 Å². The van der Waals surface area contributed by atoms with E-state index in [1.807, 2.05) is 13.0 Å². The minimum absolute atomic E-state index is 0.871. The maximum absolute atomic E-state index is 4.69. The van der Waals surface area contributed by atoms with Crippen molar-refractivity contribution in [2.45, 2.75) is 36.0 Å². The van der Waals surface area contributed by atoms with Gasteiger partial charge in [-0.25, -0.2) is 9.97 Å². The van der Waals surface area contributed by atoms with Gasteiger partial charge in [0.05, 0.1) is 5.69 Å². The Bertz CT molecular complexity index is 806. The quantitative estimate of drug-likeness (QED) is 0.706. The van der Waals surface area contributed by atoms with Gasteiger partial charge in [-0.3, -0.25) is 0 Å². The van der Waals surface area contributed by atoms with Crippen LogP contribution in [-0.2, 0) is 12.8 Å². The molecule has 0 fully saturated rings. The SMILES string of the molecule is Cc1cc(Sc2ccccc2)cc(Nc2nc3c(s2)CCC3)n1. The molecule has 23 heavy (non-hydrogen) atoms. The molecule has 0 saturated heterocycles. The van der Waals surface area contributed by atoms with Crippen LogP contribution in [0.15, 0.2) is 52.3 Å². The van der Waals surface area contributed by atoms with E-state index in [1.165, 1.54) is 33.2 Å². The molecule has 2 aromatic heterocycles. The highest BCUT2D eigenvalue weighted by Gasteiger charge is 2.17. The second-order valence-electron chi connectivity index (χ2n) is 5.61. The van der Waals surface area contributed by atoms with Gasteiger partial charge in [-0.1, -0.05) is 30.0 Å². The van der Waals surface area contributed by atoms with Crippen LogP contribution in [0.3, 0.4) is 0 Å². The molecule has 1 aliphatic carbocycles.